The molecule has 0 fully saturated rings. The number of benzene rings is 1. The minimum Gasteiger partial charge on any atom is -0.481 e. The molecule has 1 atom stereocenters. The predicted molar refractivity (Wildman–Crippen MR) is 79.0 cm³/mol. The van der Waals surface area contributed by atoms with Crippen molar-refractivity contribution < 1.29 is 9.90 Å². The lowest BCUT2D eigenvalue weighted by Crippen LogP contribution is -2.14. The molecule has 112 valence electrons. The molecule has 1 unspecified atom stereocenters. The molecule has 0 aliphatic rings. The van der Waals surface area contributed by atoms with Crippen LogP contribution in [0.1, 0.15) is 13.3 Å². The molecule has 7 nitrogen and oxygen atoms in total. The van der Waals surface area contributed by atoms with E-state index >= 15 is 0 Å². The van der Waals surface area contributed by atoms with Gasteiger partial charge in [0, 0.05) is 38.3 Å². The van der Waals surface area contributed by atoms with E-state index in [-0.39, 0.29) is 12.3 Å². The van der Waals surface area contributed by atoms with Crippen LogP contribution >= 0.6 is 0 Å². The van der Waals surface area contributed by atoms with Gasteiger partial charge in [-0.15, -0.1) is 5.10 Å². The van der Waals surface area contributed by atoms with Gasteiger partial charge in [0.25, 0.3) is 0 Å². The Balaban J connectivity index is 2.17. The average molecular weight is 289 g/mol. The molecule has 2 rings (SSSR count). The molecule has 0 saturated heterocycles. The van der Waals surface area contributed by atoms with Crippen molar-refractivity contribution in [1.29, 1.82) is 0 Å². The van der Waals surface area contributed by atoms with Crippen LogP contribution < -0.4 is 4.90 Å². The van der Waals surface area contributed by atoms with E-state index in [1.165, 1.54) is 0 Å². The highest BCUT2D eigenvalue weighted by atomic mass is 16.4. The first-order valence-corrected chi connectivity index (χ1v) is 6.73. The van der Waals surface area contributed by atoms with Crippen LogP contribution in [0.15, 0.2) is 24.3 Å². The van der Waals surface area contributed by atoms with E-state index in [1.807, 2.05) is 50.2 Å². The highest BCUT2D eigenvalue weighted by molar-refractivity contribution is 5.67. The number of carboxylic acids is 1. The quantitative estimate of drug-likeness (QED) is 0.868. The van der Waals surface area contributed by atoms with Crippen LogP contribution in [0.5, 0.6) is 0 Å². The second-order valence-corrected chi connectivity index (χ2v) is 5.33. The van der Waals surface area contributed by atoms with Crippen LogP contribution in [-0.4, -0.2) is 45.4 Å². The van der Waals surface area contributed by atoms with Crippen LogP contribution in [0.3, 0.4) is 0 Å². The number of anilines is 1. The van der Waals surface area contributed by atoms with Crippen molar-refractivity contribution in [2.75, 3.05) is 19.0 Å². The first kappa shape index (κ1) is 15.0. The maximum atomic E-state index is 10.7. The summed E-state index contributed by atoms with van der Waals surface area (Å²) in [7, 11) is 3.96. The normalized spacial score (nSPS) is 12.1. The molecule has 0 aliphatic carbocycles. The standard InChI is InChI=1S/C14H19N5O2/c1-10(8-13(20)21)9-19-14(15-16-17-19)11-4-6-12(7-5-11)18(2)3/h4-7,10H,8-9H2,1-3H3,(H,20,21). The Morgan fingerprint density at radius 1 is 1.33 bits per heavy atom. The van der Waals surface area contributed by atoms with Crippen LogP contribution in [0, 0.1) is 5.92 Å². The lowest BCUT2D eigenvalue weighted by molar-refractivity contribution is -0.138. The maximum Gasteiger partial charge on any atom is 0.303 e. The zero-order valence-corrected chi connectivity index (χ0v) is 12.4. The maximum absolute atomic E-state index is 10.7. The number of aliphatic carboxylic acids is 1. The monoisotopic (exact) mass is 289 g/mol. The second-order valence-electron chi connectivity index (χ2n) is 5.33. The predicted octanol–water partition coefficient (Wildman–Crippen LogP) is 1.52. The lowest BCUT2D eigenvalue weighted by Gasteiger charge is -2.13. The molecule has 0 spiro atoms. The SMILES string of the molecule is CC(CC(=O)O)Cn1nnnc1-c1ccc(N(C)C)cc1. The summed E-state index contributed by atoms with van der Waals surface area (Å²) in [6.45, 7) is 2.35. The van der Waals surface area contributed by atoms with E-state index in [4.69, 9.17) is 5.11 Å². The summed E-state index contributed by atoms with van der Waals surface area (Å²) in [4.78, 5) is 12.7. The van der Waals surface area contributed by atoms with Crippen molar-refractivity contribution in [2.24, 2.45) is 5.92 Å². The highest BCUT2D eigenvalue weighted by Gasteiger charge is 2.14. The van der Waals surface area contributed by atoms with Crippen LogP contribution in [-0.2, 0) is 11.3 Å². The number of rotatable bonds is 6. The van der Waals surface area contributed by atoms with Gasteiger partial charge in [-0.05, 0) is 40.6 Å². The van der Waals surface area contributed by atoms with Crippen molar-refractivity contribution in [3.63, 3.8) is 0 Å². The molecular formula is C14H19N5O2. The summed E-state index contributed by atoms with van der Waals surface area (Å²) in [5, 5.41) is 20.5. The van der Waals surface area contributed by atoms with Gasteiger partial charge in [0.05, 0.1) is 0 Å². The van der Waals surface area contributed by atoms with E-state index in [9.17, 15) is 4.79 Å². The molecule has 1 heterocycles. The molecule has 7 heteroatoms. The number of hydrogen-bond donors (Lipinski definition) is 1. The largest absolute Gasteiger partial charge is 0.481 e. The zero-order chi connectivity index (χ0) is 15.4. The van der Waals surface area contributed by atoms with Gasteiger partial charge in [-0.25, -0.2) is 4.68 Å². The van der Waals surface area contributed by atoms with E-state index in [2.05, 4.69) is 15.5 Å². The topological polar surface area (TPSA) is 84.1 Å². The molecule has 1 N–H and O–H groups in total. The van der Waals surface area contributed by atoms with E-state index in [0.29, 0.717) is 12.4 Å². The third-order valence-electron chi connectivity index (χ3n) is 3.18. The minimum absolute atomic E-state index is 0.0363. The Morgan fingerprint density at radius 3 is 2.57 bits per heavy atom. The highest BCUT2D eigenvalue weighted by Crippen LogP contribution is 2.21. The van der Waals surface area contributed by atoms with Gasteiger partial charge in [0.1, 0.15) is 0 Å². The van der Waals surface area contributed by atoms with Gasteiger partial charge in [0.15, 0.2) is 5.82 Å². The Morgan fingerprint density at radius 2 is 2.00 bits per heavy atom. The number of carbonyl (C=O) groups is 1. The van der Waals surface area contributed by atoms with E-state index in [0.717, 1.165) is 11.3 Å². The number of hydrogen-bond acceptors (Lipinski definition) is 5. The Hall–Kier alpha value is -2.44. The van der Waals surface area contributed by atoms with Crippen molar-refractivity contribution in [2.45, 2.75) is 19.9 Å². The second kappa shape index (κ2) is 6.34. The zero-order valence-electron chi connectivity index (χ0n) is 12.4. The van der Waals surface area contributed by atoms with Gasteiger partial charge in [-0.1, -0.05) is 6.92 Å². The smallest absolute Gasteiger partial charge is 0.303 e. The summed E-state index contributed by atoms with van der Waals surface area (Å²) in [5.41, 5.74) is 2.00. The van der Waals surface area contributed by atoms with Gasteiger partial charge < -0.3 is 10.0 Å². The molecule has 21 heavy (non-hydrogen) atoms. The van der Waals surface area contributed by atoms with Gasteiger partial charge in [-0.2, -0.15) is 0 Å². The van der Waals surface area contributed by atoms with E-state index in [1.54, 1.807) is 4.68 Å². The van der Waals surface area contributed by atoms with E-state index < -0.39 is 5.97 Å². The molecule has 1 aromatic carbocycles. The molecule has 0 bridgehead atoms. The summed E-state index contributed by atoms with van der Waals surface area (Å²) in [6.07, 6.45) is 0.0961. The van der Waals surface area contributed by atoms with Gasteiger partial charge in [-0.3, -0.25) is 4.79 Å². The fourth-order valence-electron chi connectivity index (χ4n) is 2.10. The fourth-order valence-corrected chi connectivity index (χ4v) is 2.10. The first-order chi connectivity index (χ1) is 9.97. The van der Waals surface area contributed by atoms with Crippen LogP contribution in [0.2, 0.25) is 0 Å². The molecular weight excluding hydrogens is 270 g/mol. The Bertz CT molecular complexity index is 606. The van der Waals surface area contributed by atoms with Crippen LogP contribution in [0.4, 0.5) is 5.69 Å². The molecule has 1 aromatic heterocycles. The molecule has 2 aromatic rings. The van der Waals surface area contributed by atoms with Gasteiger partial charge in [0.2, 0.25) is 0 Å². The first-order valence-electron chi connectivity index (χ1n) is 6.73. The third-order valence-corrected chi connectivity index (χ3v) is 3.18. The van der Waals surface area contributed by atoms with Crippen molar-refractivity contribution >= 4 is 11.7 Å². The summed E-state index contributed by atoms with van der Waals surface area (Å²) in [6, 6.07) is 7.91. The number of nitrogens with zero attached hydrogens (tertiary/aromatic N) is 5. The minimum atomic E-state index is -0.813. The summed E-state index contributed by atoms with van der Waals surface area (Å²) in [5.74, 6) is -0.198. The number of aromatic nitrogens is 4. The molecule has 0 saturated carbocycles. The molecule has 0 aliphatic heterocycles. The fraction of sp³-hybridized carbons (Fsp3) is 0.429. The van der Waals surface area contributed by atoms with Crippen LogP contribution in [0.25, 0.3) is 11.4 Å². The molecule has 0 radical (unpaired) electrons. The molecule has 0 amide bonds. The third kappa shape index (κ3) is 3.77. The summed E-state index contributed by atoms with van der Waals surface area (Å²) >= 11 is 0. The number of tetrazole rings is 1. The Labute approximate surface area is 123 Å². The number of carboxylic acid groups (broad SMARTS) is 1. The lowest BCUT2D eigenvalue weighted by atomic mass is 10.1. The van der Waals surface area contributed by atoms with Gasteiger partial charge >= 0.3 is 5.97 Å². The summed E-state index contributed by atoms with van der Waals surface area (Å²) < 4.78 is 1.65. The Kier molecular flexibility index (Phi) is 4.52. The van der Waals surface area contributed by atoms with Crippen molar-refractivity contribution in [3.05, 3.63) is 24.3 Å². The van der Waals surface area contributed by atoms with Crippen molar-refractivity contribution in [3.8, 4) is 11.4 Å². The average Bonchev–Trinajstić information content (AvgIpc) is 2.85. The van der Waals surface area contributed by atoms with Crippen molar-refractivity contribution in [1.82, 2.24) is 20.2 Å².